The first-order chi connectivity index (χ1) is 15.7. The number of rotatable bonds is 6. The van der Waals surface area contributed by atoms with Crippen molar-refractivity contribution in [2.24, 2.45) is 0 Å². The lowest BCUT2D eigenvalue weighted by Crippen LogP contribution is -2.27. The van der Waals surface area contributed by atoms with Crippen LogP contribution in [0.15, 0.2) is 66.0 Å². The highest BCUT2D eigenvalue weighted by Crippen LogP contribution is 2.31. The van der Waals surface area contributed by atoms with Gasteiger partial charge in [-0.05, 0) is 46.7 Å². The molecule has 160 valence electrons. The van der Waals surface area contributed by atoms with Gasteiger partial charge in [0.15, 0.2) is 5.13 Å². The number of carbonyl (C=O) groups is 2. The van der Waals surface area contributed by atoms with Crippen molar-refractivity contribution in [3.8, 4) is 17.0 Å². The van der Waals surface area contributed by atoms with Gasteiger partial charge < -0.3 is 15.4 Å². The van der Waals surface area contributed by atoms with Gasteiger partial charge in [0.05, 0.1) is 12.3 Å². The van der Waals surface area contributed by atoms with E-state index in [9.17, 15) is 9.59 Å². The molecule has 0 saturated heterocycles. The molecule has 0 unspecified atom stereocenters. The van der Waals surface area contributed by atoms with E-state index in [2.05, 4.69) is 21.7 Å². The van der Waals surface area contributed by atoms with Crippen LogP contribution in [-0.4, -0.2) is 29.9 Å². The number of ether oxygens (including phenoxy) is 1. The molecule has 1 aliphatic rings. The summed E-state index contributed by atoms with van der Waals surface area (Å²) < 4.78 is 5.54. The first-order valence-electron chi connectivity index (χ1n) is 10.4. The summed E-state index contributed by atoms with van der Waals surface area (Å²) in [6, 6.07) is 19.5. The Morgan fingerprint density at radius 1 is 1.03 bits per heavy atom. The Kier molecular flexibility index (Phi) is 5.56. The van der Waals surface area contributed by atoms with Gasteiger partial charge in [0.1, 0.15) is 5.75 Å². The average Bonchev–Trinajstić information content (AvgIpc) is 3.47. The van der Waals surface area contributed by atoms with Gasteiger partial charge in [-0.3, -0.25) is 9.59 Å². The molecule has 0 radical (unpaired) electrons. The largest absolute Gasteiger partial charge is 0.493 e. The van der Waals surface area contributed by atoms with Gasteiger partial charge in [-0.15, -0.1) is 11.3 Å². The third-order valence-corrected chi connectivity index (χ3v) is 6.14. The lowest BCUT2D eigenvalue weighted by molar-refractivity contribution is -0.116. The number of hydrogen-bond acceptors (Lipinski definition) is 5. The first-order valence-corrected chi connectivity index (χ1v) is 11.3. The first kappa shape index (κ1) is 20.2. The van der Waals surface area contributed by atoms with Gasteiger partial charge in [0, 0.05) is 35.9 Å². The number of amides is 2. The molecule has 2 amide bonds. The molecule has 32 heavy (non-hydrogen) atoms. The Morgan fingerprint density at radius 2 is 1.91 bits per heavy atom. The van der Waals surface area contributed by atoms with Crippen LogP contribution < -0.4 is 15.4 Å². The van der Waals surface area contributed by atoms with Crippen LogP contribution in [0.2, 0.25) is 0 Å². The molecule has 5 rings (SSSR count). The molecule has 4 aromatic rings. The second-order valence-electron chi connectivity index (χ2n) is 7.57. The van der Waals surface area contributed by atoms with E-state index in [0.29, 0.717) is 17.3 Å². The zero-order valence-corrected chi connectivity index (χ0v) is 18.1. The van der Waals surface area contributed by atoms with Crippen LogP contribution >= 0.6 is 11.3 Å². The normalized spacial score (nSPS) is 12.2. The van der Waals surface area contributed by atoms with E-state index in [0.717, 1.165) is 34.2 Å². The molecule has 0 atom stereocenters. The SMILES string of the molecule is O=C(CCNC(=O)c1ccc2ccccc2c1)Nc1nc(-c2ccc3c(c2)CCO3)cs1. The van der Waals surface area contributed by atoms with Crippen molar-refractivity contribution in [3.05, 3.63) is 77.2 Å². The fourth-order valence-electron chi connectivity index (χ4n) is 3.71. The van der Waals surface area contributed by atoms with E-state index in [-0.39, 0.29) is 24.8 Å². The van der Waals surface area contributed by atoms with Gasteiger partial charge in [-0.2, -0.15) is 0 Å². The minimum Gasteiger partial charge on any atom is -0.493 e. The average molecular weight is 444 g/mol. The number of carbonyl (C=O) groups excluding carboxylic acids is 2. The van der Waals surface area contributed by atoms with E-state index in [1.54, 1.807) is 6.07 Å². The monoisotopic (exact) mass is 443 g/mol. The van der Waals surface area contributed by atoms with Crippen LogP contribution in [0, 0.1) is 0 Å². The molecule has 7 heteroatoms. The number of hydrogen-bond donors (Lipinski definition) is 2. The summed E-state index contributed by atoms with van der Waals surface area (Å²) in [4.78, 5) is 29.2. The van der Waals surface area contributed by atoms with Gasteiger partial charge in [-0.1, -0.05) is 30.3 Å². The number of nitrogens with zero attached hydrogens (tertiary/aromatic N) is 1. The van der Waals surface area contributed by atoms with Gasteiger partial charge in [-0.25, -0.2) is 4.98 Å². The molecule has 0 fully saturated rings. The maximum Gasteiger partial charge on any atom is 0.251 e. The van der Waals surface area contributed by atoms with E-state index < -0.39 is 0 Å². The third-order valence-electron chi connectivity index (χ3n) is 5.39. The highest BCUT2D eigenvalue weighted by Gasteiger charge is 2.15. The Morgan fingerprint density at radius 3 is 2.81 bits per heavy atom. The van der Waals surface area contributed by atoms with E-state index in [1.165, 1.54) is 16.9 Å². The molecular formula is C25H21N3O3S. The Bertz CT molecular complexity index is 1310. The zero-order chi connectivity index (χ0) is 21.9. The molecule has 2 heterocycles. The smallest absolute Gasteiger partial charge is 0.251 e. The van der Waals surface area contributed by atoms with Crippen molar-refractivity contribution in [2.75, 3.05) is 18.5 Å². The fourth-order valence-corrected chi connectivity index (χ4v) is 4.45. The quantitative estimate of drug-likeness (QED) is 0.454. The van der Waals surface area contributed by atoms with E-state index in [4.69, 9.17) is 4.74 Å². The summed E-state index contributed by atoms with van der Waals surface area (Å²) in [6.45, 7) is 0.967. The number of thiazole rings is 1. The second kappa shape index (κ2) is 8.80. The standard InChI is InChI=1S/C25H21N3O3S/c29-23(9-11-26-24(30)20-6-5-16-3-1-2-4-17(16)13-20)28-25-27-21(15-32-25)18-7-8-22-19(14-18)10-12-31-22/h1-8,13-15H,9-12H2,(H,26,30)(H,27,28,29). The van der Waals surface area contributed by atoms with Crippen LogP contribution in [0.25, 0.3) is 22.0 Å². The second-order valence-corrected chi connectivity index (χ2v) is 8.43. The van der Waals surface area contributed by atoms with Crippen molar-refractivity contribution in [1.29, 1.82) is 0 Å². The lowest BCUT2D eigenvalue weighted by atomic mass is 10.1. The van der Waals surface area contributed by atoms with Gasteiger partial charge in [0.25, 0.3) is 5.91 Å². The van der Waals surface area contributed by atoms with Crippen LogP contribution in [-0.2, 0) is 11.2 Å². The highest BCUT2D eigenvalue weighted by atomic mass is 32.1. The Hall–Kier alpha value is -3.71. The van der Waals surface area contributed by atoms with Gasteiger partial charge >= 0.3 is 0 Å². The molecular weight excluding hydrogens is 422 g/mol. The van der Waals surface area contributed by atoms with E-state index >= 15 is 0 Å². The maximum absolute atomic E-state index is 12.4. The summed E-state index contributed by atoms with van der Waals surface area (Å²) in [6.07, 6.45) is 1.08. The Balaban J connectivity index is 1.14. The predicted molar refractivity (Wildman–Crippen MR) is 126 cm³/mol. The molecule has 0 saturated carbocycles. The summed E-state index contributed by atoms with van der Waals surface area (Å²) in [5.74, 6) is 0.552. The predicted octanol–water partition coefficient (Wildman–Crippen LogP) is 4.66. The number of aromatic nitrogens is 1. The van der Waals surface area contributed by atoms with Crippen molar-refractivity contribution >= 4 is 39.1 Å². The van der Waals surface area contributed by atoms with Crippen molar-refractivity contribution in [1.82, 2.24) is 10.3 Å². The lowest BCUT2D eigenvalue weighted by Gasteiger charge is -2.06. The molecule has 0 spiro atoms. The topological polar surface area (TPSA) is 80.3 Å². The van der Waals surface area contributed by atoms with Crippen LogP contribution in [0.4, 0.5) is 5.13 Å². The molecule has 0 bridgehead atoms. The maximum atomic E-state index is 12.4. The summed E-state index contributed by atoms with van der Waals surface area (Å²) in [7, 11) is 0. The number of nitrogens with one attached hydrogen (secondary N) is 2. The molecule has 6 nitrogen and oxygen atoms in total. The number of fused-ring (bicyclic) bond motifs is 2. The zero-order valence-electron chi connectivity index (χ0n) is 17.3. The fraction of sp³-hybridized carbons (Fsp3) is 0.160. The van der Waals surface area contributed by atoms with Crippen LogP contribution in [0.1, 0.15) is 22.3 Å². The minimum absolute atomic E-state index is 0.171. The molecule has 1 aromatic heterocycles. The third kappa shape index (κ3) is 4.33. The van der Waals surface area contributed by atoms with Crippen molar-refractivity contribution < 1.29 is 14.3 Å². The van der Waals surface area contributed by atoms with Crippen molar-refractivity contribution in [3.63, 3.8) is 0 Å². The van der Waals surface area contributed by atoms with E-state index in [1.807, 2.05) is 53.9 Å². The summed E-state index contributed by atoms with van der Waals surface area (Å²) >= 11 is 1.38. The van der Waals surface area contributed by atoms with Crippen LogP contribution in [0.5, 0.6) is 5.75 Å². The Labute approximate surface area is 189 Å². The molecule has 3 aromatic carbocycles. The van der Waals surface area contributed by atoms with Gasteiger partial charge in [0.2, 0.25) is 5.91 Å². The summed E-state index contributed by atoms with van der Waals surface area (Å²) in [5, 5.41) is 10.2. The minimum atomic E-state index is -0.194. The van der Waals surface area contributed by atoms with Crippen LogP contribution in [0.3, 0.4) is 0 Å². The highest BCUT2D eigenvalue weighted by molar-refractivity contribution is 7.14. The molecule has 0 aliphatic carbocycles. The summed E-state index contributed by atoms with van der Waals surface area (Å²) in [5.41, 5.74) is 3.59. The molecule has 2 N–H and O–H groups in total. The number of benzene rings is 3. The number of anilines is 1. The molecule has 1 aliphatic heterocycles. The van der Waals surface area contributed by atoms with Crippen molar-refractivity contribution in [2.45, 2.75) is 12.8 Å².